The van der Waals surface area contributed by atoms with Crippen molar-refractivity contribution in [3.05, 3.63) is 70.7 Å². The molecule has 1 aliphatic heterocycles. The largest absolute Gasteiger partial charge is 0.339 e. The van der Waals surface area contributed by atoms with Gasteiger partial charge in [0.2, 0.25) is 0 Å². The second kappa shape index (κ2) is 6.16. The van der Waals surface area contributed by atoms with Crippen LogP contribution in [-0.4, -0.2) is 23.1 Å². The standard InChI is InChI=1S/C21H21F3N2/c1-14-3-8-19-17(11-14)18-12-25(2)13-21(23,24)20(18)26(19)10-9-15-4-6-16(22)7-5-15/h3-8,11H,9-10,12-13H2,1-2H3. The zero-order chi connectivity index (χ0) is 18.5. The van der Waals surface area contributed by atoms with Gasteiger partial charge in [-0.15, -0.1) is 0 Å². The molecular formula is C21H21F3N2. The molecule has 1 aliphatic rings. The Morgan fingerprint density at radius 1 is 1.08 bits per heavy atom. The van der Waals surface area contributed by atoms with E-state index in [0.29, 0.717) is 19.5 Å². The molecule has 0 bridgehead atoms. The monoisotopic (exact) mass is 358 g/mol. The summed E-state index contributed by atoms with van der Waals surface area (Å²) in [5.41, 5.74) is 3.70. The summed E-state index contributed by atoms with van der Waals surface area (Å²) >= 11 is 0. The van der Waals surface area contributed by atoms with Crippen LogP contribution in [0.2, 0.25) is 0 Å². The van der Waals surface area contributed by atoms with Crippen LogP contribution in [0.3, 0.4) is 0 Å². The summed E-state index contributed by atoms with van der Waals surface area (Å²) in [5.74, 6) is -3.18. The van der Waals surface area contributed by atoms with Crippen molar-refractivity contribution >= 4 is 10.9 Å². The molecule has 0 N–H and O–H groups in total. The third kappa shape index (κ3) is 2.90. The fraction of sp³-hybridized carbons (Fsp3) is 0.333. The topological polar surface area (TPSA) is 8.17 Å². The number of benzene rings is 2. The van der Waals surface area contributed by atoms with Gasteiger partial charge in [-0.3, -0.25) is 4.90 Å². The molecule has 26 heavy (non-hydrogen) atoms. The van der Waals surface area contributed by atoms with Crippen LogP contribution in [-0.2, 0) is 25.4 Å². The number of nitrogens with zero attached hydrogens (tertiary/aromatic N) is 2. The molecule has 5 heteroatoms. The Morgan fingerprint density at radius 3 is 2.54 bits per heavy atom. The summed E-state index contributed by atoms with van der Waals surface area (Å²) in [5, 5.41) is 0.908. The smallest absolute Gasteiger partial charge is 0.300 e. The highest BCUT2D eigenvalue weighted by atomic mass is 19.3. The molecule has 1 aromatic heterocycles. The van der Waals surface area contributed by atoms with E-state index in [-0.39, 0.29) is 18.1 Å². The molecule has 2 aromatic carbocycles. The maximum absolute atomic E-state index is 14.9. The minimum atomic E-state index is -2.89. The maximum Gasteiger partial charge on any atom is 0.300 e. The predicted molar refractivity (Wildman–Crippen MR) is 97.0 cm³/mol. The van der Waals surface area contributed by atoms with Crippen LogP contribution in [0.15, 0.2) is 42.5 Å². The van der Waals surface area contributed by atoms with Crippen molar-refractivity contribution < 1.29 is 13.2 Å². The van der Waals surface area contributed by atoms with Gasteiger partial charge in [-0.05, 0) is 50.2 Å². The molecule has 0 saturated heterocycles. The number of aryl methyl sites for hydroxylation is 3. The SMILES string of the molecule is Cc1ccc2c(c1)c1c(n2CCc2ccc(F)cc2)C(F)(F)CN(C)C1. The number of alkyl halides is 2. The minimum Gasteiger partial charge on any atom is -0.339 e. The highest BCUT2D eigenvalue weighted by molar-refractivity contribution is 5.87. The Labute approximate surface area is 150 Å². The lowest BCUT2D eigenvalue weighted by Gasteiger charge is -2.31. The average Bonchev–Trinajstić information content (AvgIpc) is 2.87. The Hall–Kier alpha value is -2.27. The van der Waals surface area contributed by atoms with E-state index in [0.717, 1.165) is 27.6 Å². The number of hydrogen-bond donors (Lipinski definition) is 0. The Balaban J connectivity index is 1.82. The molecule has 2 nitrogen and oxygen atoms in total. The molecule has 0 fully saturated rings. The van der Waals surface area contributed by atoms with Gasteiger partial charge in [-0.2, -0.15) is 8.78 Å². The highest BCUT2D eigenvalue weighted by Crippen LogP contribution is 2.41. The third-order valence-electron chi connectivity index (χ3n) is 5.10. The predicted octanol–water partition coefficient (Wildman–Crippen LogP) is 4.87. The summed E-state index contributed by atoms with van der Waals surface area (Å²) in [6, 6.07) is 12.1. The second-order valence-electron chi connectivity index (χ2n) is 7.25. The first kappa shape index (κ1) is 17.2. The van der Waals surface area contributed by atoms with E-state index in [1.807, 2.05) is 25.1 Å². The van der Waals surface area contributed by atoms with Crippen LogP contribution in [0.1, 0.15) is 22.4 Å². The van der Waals surface area contributed by atoms with E-state index in [4.69, 9.17) is 0 Å². The van der Waals surface area contributed by atoms with Crippen LogP contribution in [0.4, 0.5) is 13.2 Å². The molecule has 0 saturated carbocycles. The van der Waals surface area contributed by atoms with E-state index in [2.05, 4.69) is 0 Å². The molecule has 0 radical (unpaired) electrons. The van der Waals surface area contributed by atoms with Crippen molar-refractivity contribution in [2.45, 2.75) is 32.4 Å². The number of fused-ring (bicyclic) bond motifs is 3. The zero-order valence-electron chi connectivity index (χ0n) is 14.9. The van der Waals surface area contributed by atoms with Crippen molar-refractivity contribution in [1.29, 1.82) is 0 Å². The molecule has 0 amide bonds. The summed E-state index contributed by atoms with van der Waals surface area (Å²) in [7, 11) is 1.73. The summed E-state index contributed by atoms with van der Waals surface area (Å²) < 4.78 is 44.7. The fourth-order valence-electron chi connectivity index (χ4n) is 3.98. The van der Waals surface area contributed by atoms with Crippen LogP contribution in [0.25, 0.3) is 10.9 Å². The lowest BCUT2D eigenvalue weighted by atomic mass is 10.0. The van der Waals surface area contributed by atoms with E-state index in [1.54, 1.807) is 28.6 Å². The van der Waals surface area contributed by atoms with Crippen molar-refractivity contribution in [3.8, 4) is 0 Å². The first-order valence-corrected chi connectivity index (χ1v) is 8.78. The van der Waals surface area contributed by atoms with Gasteiger partial charge in [0.15, 0.2) is 0 Å². The summed E-state index contributed by atoms with van der Waals surface area (Å²) in [6.45, 7) is 2.67. The van der Waals surface area contributed by atoms with Gasteiger partial charge in [-0.1, -0.05) is 23.8 Å². The Bertz CT molecular complexity index is 958. The Kier molecular flexibility index (Phi) is 4.07. The lowest BCUT2D eigenvalue weighted by Crippen LogP contribution is -2.39. The van der Waals surface area contributed by atoms with Crippen molar-refractivity contribution in [1.82, 2.24) is 9.47 Å². The molecule has 136 valence electrons. The number of likely N-dealkylation sites (N-methyl/N-ethyl adjacent to an activating group) is 1. The normalized spacial score (nSPS) is 16.8. The van der Waals surface area contributed by atoms with Gasteiger partial charge in [0.05, 0.1) is 12.2 Å². The van der Waals surface area contributed by atoms with Crippen LogP contribution in [0.5, 0.6) is 0 Å². The van der Waals surface area contributed by atoms with Gasteiger partial charge in [0, 0.05) is 29.6 Å². The number of hydrogen-bond acceptors (Lipinski definition) is 1. The molecule has 0 aliphatic carbocycles. The van der Waals surface area contributed by atoms with Gasteiger partial charge >= 0.3 is 5.92 Å². The van der Waals surface area contributed by atoms with E-state index < -0.39 is 5.92 Å². The highest BCUT2D eigenvalue weighted by Gasteiger charge is 2.43. The number of halogens is 3. The lowest BCUT2D eigenvalue weighted by molar-refractivity contribution is -0.0519. The first-order valence-electron chi connectivity index (χ1n) is 8.78. The summed E-state index contributed by atoms with van der Waals surface area (Å²) in [4.78, 5) is 1.68. The molecule has 3 aromatic rings. The van der Waals surface area contributed by atoms with Crippen LogP contribution in [0, 0.1) is 12.7 Å². The van der Waals surface area contributed by atoms with Crippen molar-refractivity contribution in [3.63, 3.8) is 0 Å². The summed E-state index contributed by atoms with van der Waals surface area (Å²) in [6.07, 6.45) is 0.580. The van der Waals surface area contributed by atoms with E-state index >= 15 is 0 Å². The third-order valence-corrected chi connectivity index (χ3v) is 5.10. The number of rotatable bonds is 3. The molecular weight excluding hydrogens is 337 g/mol. The molecule has 2 heterocycles. The quantitative estimate of drug-likeness (QED) is 0.649. The molecule has 4 rings (SSSR count). The van der Waals surface area contributed by atoms with Crippen molar-refractivity contribution in [2.24, 2.45) is 0 Å². The van der Waals surface area contributed by atoms with E-state index in [9.17, 15) is 13.2 Å². The first-order chi connectivity index (χ1) is 12.3. The molecule has 0 spiro atoms. The average molecular weight is 358 g/mol. The molecule has 0 atom stereocenters. The van der Waals surface area contributed by atoms with Crippen molar-refractivity contribution in [2.75, 3.05) is 13.6 Å². The van der Waals surface area contributed by atoms with Gasteiger partial charge < -0.3 is 4.57 Å². The van der Waals surface area contributed by atoms with Gasteiger partial charge in [-0.25, -0.2) is 4.39 Å². The maximum atomic E-state index is 14.9. The molecule has 0 unspecified atom stereocenters. The van der Waals surface area contributed by atoms with Crippen LogP contribution < -0.4 is 0 Å². The fourth-order valence-corrected chi connectivity index (χ4v) is 3.98. The zero-order valence-corrected chi connectivity index (χ0v) is 14.9. The second-order valence-corrected chi connectivity index (χ2v) is 7.25. The van der Waals surface area contributed by atoms with Gasteiger partial charge in [0.1, 0.15) is 5.82 Å². The van der Waals surface area contributed by atoms with Crippen LogP contribution >= 0.6 is 0 Å². The van der Waals surface area contributed by atoms with Gasteiger partial charge in [0.25, 0.3) is 0 Å². The Morgan fingerprint density at radius 2 is 1.81 bits per heavy atom. The number of aromatic nitrogens is 1. The minimum absolute atomic E-state index is 0.137. The van der Waals surface area contributed by atoms with E-state index in [1.165, 1.54) is 12.1 Å².